The quantitative estimate of drug-likeness (QED) is 0.693. The molecule has 0 amide bonds. The minimum absolute atomic E-state index is 0.00578. The summed E-state index contributed by atoms with van der Waals surface area (Å²) in [6.45, 7) is 2.40. The SMILES string of the molecule is CC(CNC1CCS(=O)(=O)C1)CC(=O)O. The molecule has 1 heterocycles. The minimum atomic E-state index is -2.85. The van der Waals surface area contributed by atoms with Gasteiger partial charge in [0.25, 0.3) is 0 Å². The van der Waals surface area contributed by atoms with Gasteiger partial charge in [-0.2, -0.15) is 0 Å². The summed E-state index contributed by atoms with van der Waals surface area (Å²) < 4.78 is 22.3. The number of hydrogen-bond donors (Lipinski definition) is 2. The molecule has 0 aliphatic carbocycles. The van der Waals surface area contributed by atoms with Crippen molar-refractivity contribution in [1.29, 1.82) is 0 Å². The molecule has 0 aromatic carbocycles. The summed E-state index contributed by atoms with van der Waals surface area (Å²) in [6, 6.07) is 0.00578. The fraction of sp³-hybridized carbons (Fsp3) is 0.889. The van der Waals surface area contributed by atoms with Gasteiger partial charge in [0.1, 0.15) is 0 Å². The highest BCUT2D eigenvalue weighted by molar-refractivity contribution is 7.91. The van der Waals surface area contributed by atoms with Crippen molar-refractivity contribution in [3.63, 3.8) is 0 Å². The van der Waals surface area contributed by atoms with Crippen LogP contribution < -0.4 is 5.32 Å². The van der Waals surface area contributed by atoms with Crippen LogP contribution in [0.1, 0.15) is 19.8 Å². The van der Waals surface area contributed by atoms with Crippen molar-refractivity contribution in [2.45, 2.75) is 25.8 Å². The second-order valence-corrected chi connectivity index (χ2v) is 6.44. The summed E-state index contributed by atoms with van der Waals surface area (Å²) in [5.74, 6) is -0.348. The van der Waals surface area contributed by atoms with E-state index in [0.29, 0.717) is 13.0 Å². The van der Waals surface area contributed by atoms with E-state index in [0.717, 1.165) is 0 Å². The first-order valence-electron chi connectivity index (χ1n) is 5.04. The fourth-order valence-corrected chi connectivity index (χ4v) is 3.40. The summed E-state index contributed by atoms with van der Waals surface area (Å²) in [7, 11) is -2.85. The van der Waals surface area contributed by atoms with Crippen LogP contribution in [0, 0.1) is 5.92 Å². The van der Waals surface area contributed by atoms with Crippen molar-refractivity contribution in [2.24, 2.45) is 5.92 Å². The molecule has 5 nitrogen and oxygen atoms in total. The van der Waals surface area contributed by atoms with Gasteiger partial charge in [0.05, 0.1) is 11.5 Å². The number of rotatable bonds is 5. The molecule has 0 radical (unpaired) electrons. The molecule has 15 heavy (non-hydrogen) atoms. The van der Waals surface area contributed by atoms with E-state index in [4.69, 9.17) is 5.11 Å². The topological polar surface area (TPSA) is 83.5 Å². The molecule has 2 N–H and O–H groups in total. The minimum Gasteiger partial charge on any atom is -0.481 e. The first kappa shape index (κ1) is 12.4. The molecule has 1 fully saturated rings. The second-order valence-electron chi connectivity index (χ2n) is 4.21. The van der Waals surface area contributed by atoms with Crippen LogP contribution in [0.5, 0.6) is 0 Å². The first-order chi connectivity index (χ1) is 6.89. The molecule has 1 rings (SSSR count). The third-order valence-electron chi connectivity index (χ3n) is 2.51. The summed E-state index contributed by atoms with van der Waals surface area (Å²) in [4.78, 5) is 10.4. The number of sulfone groups is 1. The Morgan fingerprint density at radius 3 is 2.73 bits per heavy atom. The molecule has 1 aliphatic rings. The Morgan fingerprint density at radius 1 is 1.60 bits per heavy atom. The van der Waals surface area contributed by atoms with Crippen LogP contribution in [-0.2, 0) is 14.6 Å². The largest absolute Gasteiger partial charge is 0.481 e. The average Bonchev–Trinajstić information content (AvgIpc) is 2.41. The van der Waals surface area contributed by atoms with Crippen molar-refractivity contribution >= 4 is 15.8 Å². The number of carbonyl (C=O) groups is 1. The standard InChI is InChI=1S/C9H17NO4S/c1-7(4-9(11)12)5-10-8-2-3-15(13,14)6-8/h7-8,10H,2-6H2,1H3,(H,11,12). The molecule has 1 aliphatic heterocycles. The summed E-state index contributed by atoms with van der Waals surface area (Å²) in [5.41, 5.74) is 0. The lowest BCUT2D eigenvalue weighted by Crippen LogP contribution is -2.34. The Morgan fingerprint density at radius 2 is 2.27 bits per heavy atom. The highest BCUT2D eigenvalue weighted by Gasteiger charge is 2.27. The zero-order chi connectivity index (χ0) is 11.5. The van der Waals surface area contributed by atoms with Crippen LogP contribution in [0.2, 0.25) is 0 Å². The summed E-state index contributed by atoms with van der Waals surface area (Å²) >= 11 is 0. The van der Waals surface area contributed by atoms with E-state index in [9.17, 15) is 13.2 Å². The normalized spacial score (nSPS) is 26.3. The maximum absolute atomic E-state index is 11.1. The predicted octanol–water partition coefficient (Wildman–Crippen LogP) is -0.126. The highest BCUT2D eigenvalue weighted by Crippen LogP contribution is 2.12. The van der Waals surface area contributed by atoms with Crippen LogP contribution in [0.15, 0.2) is 0 Å². The molecular weight excluding hydrogens is 218 g/mol. The predicted molar refractivity (Wildman–Crippen MR) is 56.5 cm³/mol. The van der Waals surface area contributed by atoms with Crippen molar-refractivity contribution in [3.8, 4) is 0 Å². The van der Waals surface area contributed by atoms with Gasteiger partial charge < -0.3 is 10.4 Å². The van der Waals surface area contributed by atoms with Crippen LogP contribution in [0.3, 0.4) is 0 Å². The van der Waals surface area contributed by atoms with Gasteiger partial charge >= 0.3 is 5.97 Å². The van der Waals surface area contributed by atoms with Crippen LogP contribution >= 0.6 is 0 Å². The average molecular weight is 235 g/mol. The van der Waals surface area contributed by atoms with Crippen molar-refractivity contribution in [3.05, 3.63) is 0 Å². The molecule has 1 saturated heterocycles. The third-order valence-corrected chi connectivity index (χ3v) is 4.28. The van der Waals surface area contributed by atoms with Crippen molar-refractivity contribution in [2.75, 3.05) is 18.1 Å². The summed E-state index contributed by atoms with van der Waals surface area (Å²) in [5, 5.41) is 11.6. The van der Waals surface area contributed by atoms with Crippen LogP contribution in [0.25, 0.3) is 0 Å². The van der Waals surface area contributed by atoms with Gasteiger partial charge in [-0.15, -0.1) is 0 Å². The molecule has 2 unspecified atom stereocenters. The molecule has 2 atom stereocenters. The van der Waals surface area contributed by atoms with E-state index < -0.39 is 15.8 Å². The van der Waals surface area contributed by atoms with Gasteiger partial charge in [-0.25, -0.2) is 8.42 Å². The molecule has 0 saturated carbocycles. The maximum atomic E-state index is 11.1. The van der Waals surface area contributed by atoms with E-state index in [1.54, 1.807) is 0 Å². The van der Waals surface area contributed by atoms with Gasteiger partial charge in [-0.1, -0.05) is 6.92 Å². The monoisotopic (exact) mass is 235 g/mol. The third kappa shape index (κ3) is 4.61. The Hall–Kier alpha value is -0.620. The van der Waals surface area contributed by atoms with E-state index >= 15 is 0 Å². The van der Waals surface area contributed by atoms with Gasteiger partial charge in [0.2, 0.25) is 0 Å². The van der Waals surface area contributed by atoms with Gasteiger partial charge in [0, 0.05) is 12.5 Å². The van der Waals surface area contributed by atoms with Crippen molar-refractivity contribution < 1.29 is 18.3 Å². The Balaban J connectivity index is 2.24. The lowest BCUT2D eigenvalue weighted by molar-refractivity contribution is -0.137. The Kier molecular flexibility index (Phi) is 4.10. The van der Waals surface area contributed by atoms with E-state index in [1.165, 1.54) is 0 Å². The number of carboxylic acid groups (broad SMARTS) is 1. The molecule has 0 bridgehead atoms. The Labute approximate surface area is 89.8 Å². The molecule has 0 aromatic rings. The molecule has 6 heteroatoms. The van der Waals surface area contributed by atoms with E-state index in [1.807, 2.05) is 6.92 Å². The zero-order valence-corrected chi connectivity index (χ0v) is 9.59. The molecule has 88 valence electrons. The summed E-state index contributed by atoms with van der Waals surface area (Å²) in [6.07, 6.45) is 0.759. The number of carboxylic acids is 1. The number of aliphatic carboxylic acids is 1. The maximum Gasteiger partial charge on any atom is 0.303 e. The number of nitrogens with one attached hydrogen (secondary N) is 1. The lowest BCUT2D eigenvalue weighted by Gasteiger charge is -2.14. The first-order valence-corrected chi connectivity index (χ1v) is 6.87. The number of hydrogen-bond acceptors (Lipinski definition) is 4. The Bertz CT molecular complexity index is 325. The molecular formula is C9H17NO4S. The van der Waals surface area contributed by atoms with Gasteiger partial charge in [0.15, 0.2) is 9.84 Å². The molecule has 0 aromatic heterocycles. The zero-order valence-electron chi connectivity index (χ0n) is 8.77. The molecule has 0 spiro atoms. The fourth-order valence-electron chi connectivity index (χ4n) is 1.69. The smallest absolute Gasteiger partial charge is 0.303 e. The van der Waals surface area contributed by atoms with E-state index in [2.05, 4.69) is 5.32 Å². The second kappa shape index (κ2) is 4.94. The van der Waals surface area contributed by atoms with Gasteiger partial charge in [-0.05, 0) is 18.9 Å². The van der Waals surface area contributed by atoms with Crippen molar-refractivity contribution in [1.82, 2.24) is 5.32 Å². The van der Waals surface area contributed by atoms with Crippen LogP contribution in [0.4, 0.5) is 0 Å². The highest BCUT2D eigenvalue weighted by atomic mass is 32.2. The van der Waals surface area contributed by atoms with Crippen LogP contribution in [-0.4, -0.2) is 43.6 Å². The van der Waals surface area contributed by atoms with E-state index in [-0.39, 0.29) is 29.9 Å². The lowest BCUT2D eigenvalue weighted by atomic mass is 10.1. The van der Waals surface area contributed by atoms with Gasteiger partial charge in [-0.3, -0.25) is 4.79 Å².